The molecular weight excluding hydrogens is 528 g/mol. The van der Waals surface area contributed by atoms with Crippen molar-refractivity contribution in [1.82, 2.24) is 19.8 Å². The number of hydrogen-bond donors (Lipinski definition) is 8. The Morgan fingerprint density at radius 1 is 0.643 bits per heavy atom. The third-order valence-corrected chi connectivity index (χ3v) is 7.23. The van der Waals surface area contributed by atoms with Gasteiger partial charge in [0.15, 0.2) is 0 Å². The molecule has 0 saturated carbocycles. The predicted octanol–water partition coefficient (Wildman–Crippen LogP) is 2.68. The monoisotopic (exact) mass is 566 g/mol. The molecule has 10 heteroatoms. The molecular formula is C32H38N8O2. The van der Waals surface area contributed by atoms with Crippen LogP contribution in [0.5, 0.6) is 0 Å². The summed E-state index contributed by atoms with van der Waals surface area (Å²) in [6.07, 6.45) is 3.47. The smallest absolute Gasteiger partial charge is 0.130 e. The van der Waals surface area contributed by atoms with E-state index in [2.05, 4.69) is 36.6 Å². The van der Waals surface area contributed by atoms with Crippen molar-refractivity contribution in [2.45, 2.75) is 13.8 Å². The van der Waals surface area contributed by atoms with Gasteiger partial charge >= 0.3 is 0 Å². The molecule has 2 aromatic carbocycles. The number of hydrogen-bond acceptors (Lipinski definition) is 8. The molecule has 0 spiro atoms. The van der Waals surface area contributed by atoms with Gasteiger partial charge in [-0.25, -0.2) is 0 Å². The van der Waals surface area contributed by atoms with E-state index < -0.39 is 0 Å². The maximum absolute atomic E-state index is 8.96. The topological polar surface area (TPSA) is 170 Å². The fraction of sp³-hybridized carbons (Fsp3) is 0.250. The van der Waals surface area contributed by atoms with E-state index in [9.17, 15) is 0 Å². The number of nitrogens with one attached hydrogen (secondary N) is 6. The predicted molar refractivity (Wildman–Crippen MR) is 166 cm³/mol. The van der Waals surface area contributed by atoms with Crippen molar-refractivity contribution in [3.63, 3.8) is 0 Å². The minimum absolute atomic E-state index is 0.00450. The van der Waals surface area contributed by atoms with Crippen LogP contribution in [-0.4, -0.2) is 70.4 Å². The number of pyridine rings is 2. The molecule has 42 heavy (non-hydrogen) atoms. The highest BCUT2D eigenvalue weighted by Gasteiger charge is 2.14. The molecule has 0 saturated heterocycles. The highest BCUT2D eigenvalue weighted by Crippen LogP contribution is 2.36. The molecule has 0 bridgehead atoms. The van der Waals surface area contributed by atoms with Crippen LogP contribution < -0.4 is 21.6 Å². The third-order valence-electron chi connectivity index (χ3n) is 7.23. The zero-order valence-electron chi connectivity index (χ0n) is 24.0. The van der Waals surface area contributed by atoms with E-state index in [4.69, 9.17) is 31.9 Å². The molecule has 0 unspecified atom stereocenters. The van der Waals surface area contributed by atoms with Gasteiger partial charge in [-0.1, -0.05) is 36.4 Å². The Labute approximate surface area is 245 Å². The summed E-state index contributed by atoms with van der Waals surface area (Å²) in [4.78, 5) is 0. The summed E-state index contributed by atoms with van der Waals surface area (Å²) in [6, 6.07) is 19.7. The van der Waals surface area contributed by atoms with Crippen LogP contribution in [0.15, 0.2) is 73.1 Å². The van der Waals surface area contributed by atoms with Crippen LogP contribution in [0.3, 0.4) is 0 Å². The SMILES string of the molecule is Cc1c(-c2ccn(C(=N)CNCCO)c(=N)c2)cccc1-c1cccc(-c2ccn(C(=N)CNCCO)c(=N)c2)c1C. The summed E-state index contributed by atoms with van der Waals surface area (Å²) in [5, 5.41) is 57.4. The largest absolute Gasteiger partial charge is 0.395 e. The van der Waals surface area contributed by atoms with E-state index in [-0.39, 0.29) is 48.9 Å². The Morgan fingerprint density at radius 3 is 1.38 bits per heavy atom. The van der Waals surface area contributed by atoms with Crippen molar-refractivity contribution in [2.75, 3.05) is 39.4 Å². The fourth-order valence-electron chi connectivity index (χ4n) is 5.03. The second kappa shape index (κ2) is 13.9. The van der Waals surface area contributed by atoms with E-state index in [1.165, 1.54) is 9.13 Å². The number of aliphatic hydroxyl groups excluding tert-OH is 2. The van der Waals surface area contributed by atoms with Gasteiger partial charge in [-0.3, -0.25) is 30.8 Å². The van der Waals surface area contributed by atoms with Gasteiger partial charge in [0.2, 0.25) is 0 Å². The zero-order chi connectivity index (χ0) is 30.2. The first-order valence-electron chi connectivity index (χ1n) is 13.8. The maximum Gasteiger partial charge on any atom is 0.130 e. The minimum Gasteiger partial charge on any atom is -0.395 e. The van der Waals surface area contributed by atoms with Crippen molar-refractivity contribution in [2.24, 2.45) is 0 Å². The number of nitrogens with zero attached hydrogens (tertiary/aromatic N) is 2. The molecule has 4 rings (SSSR count). The van der Waals surface area contributed by atoms with E-state index >= 15 is 0 Å². The highest BCUT2D eigenvalue weighted by atomic mass is 16.3. The van der Waals surface area contributed by atoms with Crippen LogP contribution in [-0.2, 0) is 0 Å². The summed E-state index contributed by atoms with van der Waals surface area (Å²) in [5.41, 5.74) is 8.50. The molecule has 0 aliphatic heterocycles. The first-order chi connectivity index (χ1) is 20.3. The van der Waals surface area contributed by atoms with Gasteiger partial charge in [0.1, 0.15) is 22.6 Å². The first-order valence-corrected chi connectivity index (χ1v) is 13.8. The van der Waals surface area contributed by atoms with Crippen LogP contribution >= 0.6 is 0 Å². The van der Waals surface area contributed by atoms with Crippen LogP contribution in [0.25, 0.3) is 33.4 Å². The van der Waals surface area contributed by atoms with Gasteiger partial charge in [0, 0.05) is 25.5 Å². The van der Waals surface area contributed by atoms with E-state index in [0.717, 1.165) is 44.5 Å². The maximum atomic E-state index is 8.96. The molecule has 0 aliphatic rings. The third kappa shape index (κ3) is 6.69. The minimum atomic E-state index is -0.00450. The second-order valence-electron chi connectivity index (χ2n) is 9.99. The lowest BCUT2D eigenvalue weighted by atomic mass is 9.88. The first kappa shape index (κ1) is 30.5. The molecule has 8 N–H and O–H groups in total. The zero-order valence-corrected chi connectivity index (χ0v) is 24.0. The van der Waals surface area contributed by atoms with E-state index in [1.54, 1.807) is 24.5 Å². The lowest BCUT2D eigenvalue weighted by Crippen LogP contribution is -2.34. The van der Waals surface area contributed by atoms with Gasteiger partial charge in [-0.2, -0.15) is 0 Å². The molecule has 0 atom stereocenters. The molecule has 0 radical (unpaired) electrons. The quantitative estimate of drug-likeness (QED) is 0.0794. The molecule has 0 amide bonds. The Balaban J connectivity index is 1.65. The summed E-state index contributed by atoms with van der Waals surface area (Å²) in [6.45, 7) is 5.44. The van der Waals surface area contributed by atoms with Gasteiger partial charge in [-0.15, -0.1) is 0 Å². The standard InChI is InChI=1S/C32H38N8O2/c1-21-25(23-9-13-39(29(33)17-23)31(35)19-37-11-15-41)5-3-7-27(21)28-8-4-6-26(22(28)2)24-10-14-40(30(34)18-24)32(36)20-38-12-16-42/h3-10,13-14,17-18,33-38,41-42H,11-12,15-16,19-20H2,1-2H3. The lowest BCUT2D eigenvalue weighted by molar-refractivity contribution is 0.294. The Hall–Kier alpha value is -4.48. The van der Waals surface area contributed by atoms with Gasteiger partial charge in [0.25, 0.3) is 0 Å². The van der Waals surface area contributed by atoms with Gasteiger partial charge in [0.05, 0.1) is 26.3 Å². The molecule has 4 aromatic rings. The molecule has 2 aromatic heterocycles. The molecule has 218 valence electrons. The van der Waals surface area contributed by atoms with E-state index in [1.807, 2.05) is 36.4 Å². The number of aliphatic hydroxyl groups is 2. The van der Waals surface area contributed by atoms with Crippen LogP contribution in [0, 0.1) is 35.5 Å². The van der Waals surface area contributed by atoms with Crippen molar-refractivity contribution < 1.29 is 10.2 Å². The molecule has 2 heterocycles. The summed E-state index contributed by atoms with van der Waals surface area (Å²) >= 11 is 0. The van der Waals surface area contributed by atoms with Crippen molar-refractivity contribution in [3.8, 4) is 33.4 Å². The van der Waals surface area contributed by atoms with Crippen molar-refractivity contribution in [3.05, 3.63) is 95.2 Å². The fourth-order valence-corrected chi connectivity index (χ4v) is 5.03. The number of rotatable bonds is 11. The van der Waals surface area contributed by atoms with Crippen LogP contribution in [0.1, 0.15) is 11.1 Å². The average Bonchev–Trinajstić information content (AvgIpc) is 2.97. The average molecular weight is 567 g/mol. The van der Waals surface area contributed by atoms with Gasteiger partial charge in [-0.05, 0) is 82.6 Å². The number of aromatic nitrogens is 2. The van der Waals surface area contributed by atoms with Crippen LogP contribution in [0.2, 0.25) is 0 Å². The van der Waals surface area contributed by atoms with Crippen molar-refractivity contribution >= 4 is 11.7 Å². The lowest BCUT2D eigenvalue weighted by Gasteiger charge is -2.17. The highest BCUT2D eigenvalue weighted by molar-refractivity contribution is 5.86. The Kier molecular flexibility index (Phi) is 10.1. The summed E-state index contributed by atoms with van der Waals surface area (Å²) in [7, 11) is 0. The Morgan fingerprint density at radius 2 is 1.02 bits per heavy atom. The van der Waals surface area contributed by atoms with E-state index in [0.29, 0.717) is 13.1 Å². The van der Waals surface area contributed by atoms with Crippen LogP contribution in [0.4, 0.5) is 0 Å². The normalized spacial score (nSPS) is 11.0. The molecule has 0 aliphatic carbocycles. The summed E-state index contributed by atoms with van der Waals surface area (Å²) in [5.74, 6) is 0.464. The van der Waals surface area contributed by atoms with Crippen molar-refractivity contribution in [1.29, 1.82) is 21.6 Å². The second-order valence-corrected chi connectivity index (χ2v) is 9.99. The Bertz CT molecular complexity index is 1590. The summed E-state index contributed by atoms with van der Waals surface area (Å²) < 4.78 is 3.02. The van der Waals surface area contributed by atoms with Gasteiger partial charge < -0.3 is 20.8 Å². The molecule has 0 fully saturated rings. The molecule has 10 nitrogen and oxygen atoms in total. The number of benzene rings is 2.